The highest BCUT2D eigenvalue weighted by Gasteiger charge is 2.44. The number of methoxy groups -OCH3 is 2. The zero-order valence-electron chi connectivity index (χ0n) is 23.2. The zero-order chi connectivity index (χ0) is 27.5. The first-order chi connectivity index (χ1) is 18.9. The predicted octanol–water partition coefficient (Wildman–Crippen LogP) is 4.53. The second-order valence-electron chi connectivity index (χ2n) is 10.5. The number of anilines is 1. The van der Waals surface area contributed by atoms with Crippen LogP contribution in [-0.2, 0) is 4.79 Å². The van der Waals surface area contributed by atoms with E-state index in [0.29, 0.717) is 43.2 Å². The van der Waals surface area contributed by atoms with Crippen LogP contribution in [0.15, 0.2) is 66.7 Å². The number of carbonyl (C=O) groups is 2. The van der Waals surface area contributed by atoms with E-state index < -0.39 is 0 Å². The number of para-hydroxylation sites is 1. The van der Waals surface area contributed by atoms with Gasteiger partial charge in [0.15, 0.2) is 0 Å². The minimum absolute atomic E-state index is 0.0541. The molecule has 2 amide bonds. The first-order valence-corrected chi connectivity index (χ1v) is 13.6. The summed E-state index contributed by atoms with van der Waals surface area (Å²) in [6.45, 7) is 7.80. The maximum absolute atomic E-state index is 14.1. The van der Waals surface area contributed by atoms with E-state index in [2.05, 4.69) is 36.1 Å². The summed E-state index contributed by atoms with van der Waals surface area (Å²) in [6, 6.07) is 21.7. The van der Waals surface area contributed by atoms with E-state index in [4.69, 9.17) is 9.47 Å². The molecule has 2 aliphatic heterocycles. The van der Waals surface area contributed by atoms with Crippen LogP contribution in [0.3, 0.4) is 0 Å². The molecule has 2 fully saturated rings. The molecular weight excluding hydrogens is 490 g/mol. The molecule has 0 spiro atoms. The third-order valence-electron chi connectivity index (χ3n) is 8.11. The number of benzene rings is 3. The van der Waals surface area contributed by atoms with Gasteiger partial charge in [0.25, 0.3) is 5.91 Å². The van der Waals surface area contributed by atoms with Crippen molar-refractivity contribution >= 4 is 17.5 Å². The van der Waals surface area contributed by atoms with Crippen LogP contribution in [0, 0.1) is 19.8 Å². The van der Waals surface area contributed by atoms with Crippen molar-refractivity contribution in [2.24, 2.45) is 5.92 Å². The van der Waals surface area contributed by atoms with Gasteiger partial charge in [-0.3, -0.25) is 9.59 Å². The number of aryl methyl sites for hydroxylation is 2. The van der Waals surface area contributed by atoms with Gasteiger partial charge in [-0.2, -0.15) is 0 Å². The van der Waals surface area contributed by atoms with Gasteiger partial charge in [-0.25, -0.2) is 0 Å². The number of amides is 2. The molecule has 3 aromatic carbocycles. The summed E-state index contributed by atoms with van der Waals surface area (Å²) in [4.78, 5) is 33.8. The van der Waals surface area contributed by atoms with Crippen LogP contribution in [0.2, 0.25) is 0 Å². The number of ether oxygens (including phenoxy) is 2. The Morgan fingerprint density at radius 3 is 2.18 bits per heavy atom. The molecular formula is C32H37N3O4. The van der Waals surface area contributed by atoms with E-state index in [-0.39, 0.29) is 23.7 Å². The quantitative estimate of drug-likeness (QED) is 0.472. The maximum Gasteiger partial charge on any atom is 0.253 e. The van der Waals surface area contributed by atoms with Crippen LogP contribution in [0.5, 0.6) is 11.5 Å². The Hall–Kier alpha value is -4.00. The molecule has 0 N–H and O–H groups in total. The summed E-state index contributed by atoms with van der Waals surface area (Å²) in [5.74, 6) is 0.867. The van der Waals surface area contributed by atoms with Crippen molar-refractivity contribution in [3.05, 3.63) is 89.0 Å². The van der Waals surface area contributed by atoms with Crippen LogP contribution in [0.1, 0.15) is 33.0 Å². The molecule has 0 bridgehead atoms. The molecule has 0 radical (unpaired) electrons. The number of nitrogens with zero attached hydrogens (tertiary/aromatic N) is 3. The van der Waals surface area contributed by atoms with Gasteiger partial charge in [-0.05, 0) is 55.8 Å². The molecule has 39 heavy (non-hydrogen) atoms. The molecule has 2 heterocycles. The molecule has 7 nitrogen and oxygen atoms in total. The van der Waals surface area contributed by atoms with Crippen LogP contribution in [0.4, 0.5) is 5.69 Å². The van der Waals surface area contributed by atoms with Crippen molar-refractivity contribution in [3.8, 4) is 11.5 Å². The Kier molecular flexibility index (Phi) is 7.77. The van der Waals surface area contributed by atoms with Crippen LogP contribution < -0.4 is 14.4 Å². The highest BCUT2D eigenvalue weighted by Crippen LogP contribution is 2.41. The minimum atomic E-state index is -0.370. The van der Waals surface area contributed by atoms with Gasteiger partial charge in [0.1, 0.15) is 11.5 Å². The van der Waals surface area contributed by atoms with Crippen LogP contribution >= 0.6 is 0 Å². The Balaban J connectivity index is 1.40. The summed E-state index contributed by atoms with van der Waals surface area (Å²) in [7, 11) is 3.27. The lowest BCUT2D eigenvalue weighted by Gasteiger charge is -2.38. The third-order valence-corrected chi connectivity index (χ3v) is 8.11. The van der Waals surface area contributed by atoms with E-state index in [1.165, 1.54) is 11.3 Å². The molecule has 0 aliphatic carbocycles. The topological polar surface area (TPSA) is 62.3 Å². The molecule has 0 aromatic heterocycles. The average Bonchev–Trinajstić information content (AvgIpc) is 3.42. The maximum atomic E-state index is 14.1. The van der Waals surface area contributed by atoms with E-state index in [0.717, 1.165) is 24.2 Å². The molecule has 2 aliphatic rings. The number of carbonyl (C=O) groups excluding carboxylic acids is 2. The van der Waals surface area contributed by atoms with E-state index in [1.807, 2.05) is 59.2 Å². The Morgan fingerprint density at radius 1 is 0.795 bits per heavy atom. The van der Waals surface area contributed by atoms with E-state index in [1.54, 1.807) is 14.2 Å². The fraction of sp³-hybridized carbons (Fsp3) is 0.375. The largest absolute Gasteiger partial charge is 0.497 e. The molecule has 2 unspecified atom stereocenters. The zero-order valence-corrected chi connectivity index (χ0v) is 23.2. The number of likely N-dealkylation sites (tertiary alicyclic amines) is 1. The van der Waals surface area contributed by atoms with Crippen molar-refractivity contribution in [3.63, 3.8) is 0 Å². The minimum Gasteiger partial charge on any atom is -0.497 e. The fourth-order valence-electron chi connectivity index (χ4n) is 5.86. The second kappa shape index (κ2) is 11.4. The average molecular weight is 528 g/mol. The first-order valence-electron chi connectivity index (χ1n) is 13.6. The van der Waals surface area contributed by atoms with E-state index >= 15 is 0 Å². The lowest BCUT2D eigenvalue weighted by atomic mass is 9.87. The summed E-state index contributed by atoms with van der Waals surface area (Å²) in [5.41, 5.74) is 5.09. The normalized spacial score (nSPS) is 19.2. The SMILES string of the molecule is COc1ccc(OC)c(C2CN(C(=O)c3ccc(C)cc3)CC2C(=O)N2CCN(c3ccccc3C)CC2)c1. The lowest BCUT2D eigenvalue weighted by molar-refractivity contribution is -0.135. The van der Waals surface area contributed by atoms with E-state index in [9.17, 15) is 9.59 Å². The summed E-state index contributed by atoms with van der Waals surface area (Å²) < 4.78 is 11.2. The lowest BCUT2D eigenvalue weighted by Crippen LogP contribution is -2.51. The van der Waals surface area contributed by atoms with Gasteiger partial charge >= 0.3 is 0 Å². The van der Waals surface area contributed by atoms with Gasteiger partial charge in [-0.15, -0.1) is 0 Å². The van der Waals surface area contributed by atoms with Gasteiger partial charge in [-0.1, -0.05) is 35.9 Å². The highest BCUT2D eigenvalue weighted by atomic mass is 16.5. The van der Waals surface area contributed by atoms with Crippen molar-refractivity contribution in [2.75, 3.05) is 58.4 Å². The molecule has 7 heteroatoms. The molecule has 3 aromatic rings. The van der Waals surface area contributed by atoms with Crippen molar-refractivity contribution in [2.45, 2.75) is 19.8 Å². The Morgan fingerprint density at radius 2 is 1.51 bits per heavy atom. The Labute approximate surface area is 230 Å². The van der Waals surface area contributed by atoms with Crippen molar-refractivity contribution in [1.82, 2.24) is 9.80 Å². The number of hydrogen-bond donors (Lipinski definition) is 0. The molecule has 0 saturated carbocycles. The number of piperazine rings is 1. The highest BCUT2D eigenvalue weighted by molar-refractivity contribution is 5.95. The summed E-state index contributed by atoms with van der Waals surface area (Å²) >= 11 is 0. The van der Waals surface area contributed by atoms with Gasteiger partial charge < -0.3 is 24.2 Å². The number of rotatable bonds is 6. The molecule has 2 atom stereocenters. The Bertz CT molecular complexity index is 1330. The number of hydrogen-bond acceptors (Lipinski definition) is 5. The van der Waals surface area contributed by atoms with Crippen molar-refractivity contribution < 1.29 is 19.1 Å². The monoisotopic (exact) mass is 527 g/mol. The van der Waals surface area contributed by atoms with Crippen molar-refractivity contribution in [1.29, 1.82) is 0 Å². The van der Waals surface area contributed by atoms with Crippen LogP contribution in [0.25, 0.3) is 0 Å². The van der Waals surface area contributed by atoms with Crippen LogP contribution in [-0.4, -0.2) is 75.1 Å². The fourth-order valence-corrected chi connectivity index (χ4v) is 5.86. The summed E-state index contributed by atoms with van der Waals surface area (Å²) in [5, 5.41) is 0. The first kappa shape index (κ1) is 26.6. The molecule has 2 saturated heterocycles. The molecule has 204 valence electrons. The van der Waals surface area contributed by atoms with Gasteiger partial charge in [0.2, 0.25) is 5.91 Å². The smallest absolute Gasteiger partial charge is 0.253 e. The standard InChI is InChI=1S/C32H37N3O4/c1-22-9-11-24(12-10-22)31(36)35-20-27(26-19-25(38-3)13-14-30(26)39-4)28(21-35)32(37)34-17-15-33(16-18-34)29-8-6-5-7-23(29)2/h5-14,19,27-28H,15-18,20-21H2,1-4H3. The predicted molar refractivity (Wildman–Crippen MR) is 153 cm³/mol. The summed E-state index contributed by atoms with van der Waals surface area (Å²) in [6.07, 6.45) is 0. The van der Waals surface area contributed by atoms with Gasteiger partial charge in [0, 0.05) is 62.0 Å². The van der Waals surface area contributed by atoms with Gasteiger partial charge in [0.05, 0.1) is 20.1 Å². The second-order valence-corrected chi connectivity index (χ2v) is 10.5. The third kappa shape index (κ3) is 5.44. The molecule has 5 rings (SSSR count).